The second kappa shape index (κ2) is 6.02. The second-order valence-electron chi connectivity index (χ2n) is 5.51. The summed E-state index contributed by atoms with van der Waals surface area (Å²) in [6, 6.07) is 15.9. The third kappa shape index (κ3) is 2.86. The number of carbonyl (C=O) groups is 1. The van der Waals surface area contributed by atoms with Crippen molar-refractivity contribution < 1.29 is 4.79 Å². The van der Waals surface area contributed by atoms with Gasteiger partial charge < -0.3 is 9.88 Å². The van der Waals surface area contributed by atoms with E-state index in [2.05, 4.69) is 23.3 Å². The molecule has 1 atom stereocenters. The fourth-order valence-corrected chi connectivity index (χ4v) is 2.73. The molecule has 0 aliphatic carbocycles. The molecule has 4 heteroatoms. The van der Waals surface area contributed by atoms with E-state index in [-0.39, 0.29) is 18.5 Å². The number of hydrogen-bond acceptors (Lipinski definition) is 2. The van der Waals surface area contributed by atoms with Crippen molar-refractivity contribution in [2.75, 3.05) is 0 Å². The summed E-state index contributed by atoms with van der Waals surface area (Å²) in [7, 11) is 0. The zero-order valence-electron chi connectivity index (χ0n) is 12.8. The molecule has 4 nitrogen and oxygen atoms in total. The van der Waals surface area contributed by atoms with E-state index in [0.717, 1.165) is 16.6 Å². The molecular weight excluding hydrogens is 274 g/mol. The molecule has 112 valence electrons. The summed E-state index contributed by atoms with van der Waals surface area (Å²) in [5, 5.41) is 3.05. The number of para-hydroxylation sites is 2. The van der Waals surface area contributed by atoms with Crippen LogP contribution in [-0.4, -0.2) is 15.5 Å². The Morgan fingerprint density at radius 1 is 1.18 bits per heavy atom. The molecule has 0 aliphatic heterocycles. The molecule has 0 aliphatic rings. The van der Waals surface area contributed by atoms with Crippen LogP contribution in [-0.2, 0) is 11.3 Å². The number of nitrogens with one attached hydrogen (secondary N) is 1. The number of amides is 1. The first-order valence-electron chi connectivity index (χ1n) is 7.40. The maximum Gasteiger partial charge on any atom is 0.240 e. The zero-order chi connectivity index (χ0) is 15.5. The maximum absolute atomic E-state index is 12.3. The minimum Gasteiger partial charge on any atom is -0.348 e. The number of rotatable bonds is 4. The first-order valence-corrected chi connectivity index (χ1v) is 7.40. The molecule has 0 saturated carbocycles. The SMILES string of the molecule is Cc1ccccc1C(C)NC(=O)Cn1cnc2ccccc21. The third-order valence-corrected chi connectivity index (χ3v) is 3.87. The van der Waals surface area contributed by atoms with Crippen LogP contribution in [0.4, 0.5) is 0 Å². The van der Waals surface area contributed by atoms with Crippen LogP contribution in [0.3, 0.4) is 0 Å². The summed E-state index contributed by atoms with van der Waals surface area (Å²) >= 11 is 0. The normalized spacial score (nSPS) is 12.3. The van der Waals surface area contributed by atoms with Crippen LogP contribution >= 0.6 is 0 Å². The van der Waals surface area contributed by atoms with E-state index in [1.54, 1.807) is 6.33 Å². The van der Waals surface area contributed by atoms with Crippen LogP contribution in [0.25, 0.3) is 11.0 Å². The Kier molecular flexibility index (Phi) is 3.92. The number of aryl methyl sites for hydroxylation is 1. The van der Waals surface area contributed by atoms with Gasteiger partial charge in [0.15, 0.2) is 0 Å². The standard InChI is InChI=1S/C18H19N3O/c1-13-7-3-4-8-15(13)14(2)20-18(22)11-21-12-19-16-9-5-6-10-17(16)21/h3-10,12,14H,11H2,1-2H3,(H,20,22). The number of fused-ring (bicyclic) bond motifs is 1. The summed E-state index contributed by atoms with van der Waals surface area (Å²) in [5.41, 5.74) is 4.21. The van der Waals surface area contributed by atoms with E-state index in [1.165, 1.54) is 5.56 Å². The van der Waals surface area contributed by atoms with E-state index in [1.807, 2.05) is 54.0 Å². The van der Waals surface area contributed by atoms with Crippen LogP contribution in [0.1, 0.15) is 24.1 Å². The lowest BCUT2D eigenvalue weighted by Gasteiger charge is -2.16. The van der Waals surface area contributed by atoms with E-state index < -0.39 is 0 Å². The summed E-state index contributed by atoms with van der Waals surface area (Å²) in [6.45, 7) is 4.34. The van der Waals surface area contributed by atoms with Crippen molar-refractivity contribution >= 4 is 16.9 Å². The molecule has 1 amide bonds. The number of carbonyl (C=O) groups excluding carboxylic acids is 1. The minimum absolute atomic E-state index is 0.0107. The van der Waals surface area contributed by atoms with Crippen molar-refractivity contribution in [2.24, 2.45) is 0 Å². The lowest BCUT2D eigenvalue weighted by atomic mass is 10.0. The molecular formula is C18H19N3O. The highest BCUT2D eigenvalue weighted by molar-refractivity contribution is 5.80. The van der Waals surface area contributed by atoms with E-state index in [0.29, 0.717) is 0 Å². The molecule has 0 fully saturated rings. The first kappa shape index (κ1) is 14.3. The van der Waals surface area contributed by atoms with Gasteiger partial charge in [0.05, 0.1) is 23.4 Å². The van der Waals surface area contributed by atoms with Crippen molar-refractivity contribution in [2.45, 2.75) is 26.4 Å². The van der Waals surface area contributed by atoms with E-state index in [4.69, 9.17) is 0 Å². The predicted molar refractivity (Wildman–Crippen MR) is 87.5 cm³/mol. The molecule has 0 saturated heterocycles. The van der Waals surface area contributed by atoms with Gasteiger partial charge in [-0.15, -0.1) is 0 Å². The summed E-state index contributed by atoms with van der Waals surface area (Å²) in [5.74, 6) is -0.0149. The number of benzene rings is 2. The molecule has 22 heavy (non-hydrogen) atoms. The van der Waals surface area contributed by atoms with Gasteiger partial charge in [0.25, 0.3) is 0 Å². The first-order chi connectivity index (χ1) is 10.6. The Hall–Kier alpha value is -2.62. The van der Waals surface area contributed by atoms with Gasteiger partial charge in [-0.2, -0.15) is 0 Å². The van der Waals surface area contributed by atoms with Gasteiger partial charge in [-0.1, -0.05) is 36.4 Å². The largest absolute Gasteiger partial charge is 0.348 e. The average molecular weight is 293 g/mol. The molecule has 1 N–H and O–H groups in total. The highest BCUT2D eigenvalue weighted by Crippen LogP contribution is 2.17. The van der Waals surface area contributed by atoms with Gasteiger partial charge in [-0.25, -0.2) is 4.98 Å². The molecule has 2 aromatic carbocycles. The fraction of sp³-hybridized carbons (Fsp3) is 0.222. The van der Waals surface area contributed by atoms with Gasteiger partial charge in [0.1, 0.15) is 6.54 Å². The molecule has 0 radical (unpaired) electrons. The number of nitrogens with zero attached hydrogens (tertiary/aromatic N) is 2. The molecule has 3 aromatic rings. The Balaban J connectivity index is 1.71. The van der Waals surface area contributed by atoms with Crippen LogP contribution in [0.5, 0.6) is 0 Å². The molecule has 0 bridgehead atoms. The van der Waals surface area contributed by atoms with Gasteiger partial charge in [-0.3, -0.25) is 4.79 Å². The lowest BCUT2D eigenvalue weighted by molar-refractivity contribution is -0.122. The molecule has 1 aromatic heterocycles. The summed E-state index contributed by atoms with van der Waals surface area (Å²) in [4.78, 5) is 16.6. The van der Waals surface area contributed by atoms with Crippen molar-refractivity contribution in [3.63, 3.8) is 0 Å². The monoisotopic (exact) mass is 293 g/mol. The Labute approximate surface area is 129 Å². The highest BCUT2D eigenvalue weighted by atomic mass is 16.2. The van der Waals surface area contributed by atoms with Gasteiger partial charge >= 0.3 is 0 Å². The molecule has 1 heterocycles. The second-order valence-corrected chi connectivity index (χ2v) is 5.51. The summed E-state index contributed by atoms with van der Waals surface area (Å²) in [6.07, 6.45) is 1.71. The number of aromatic nitrogens is 2. The van der Waals surface area contributed by atoms with Gasteiger partial charge in [0, 0.05) is 0 Å². The topological polar surface area (TPSA) is 46.9 Å². The molecule has 3 rings (SSSR count). The van der Waals surface area contributed by atoms with Crippen molar-refractivity contribution in [1.29, 1.82) is 0 Å². The molecule has 1 unspecified atom stereocenters. The maximum atomic E-state index is 12.3. The predicted octanol–water partition coefficient (Wildman–Crippen LogP) is 3.22. The third-order valence-electron chi connectivity index (χ3n) is 3.87. The smallest absolute Gasteiger partial charge is 0.240 e. The fourth-order valence-electron chi connectivity index (χ4n) is 2.73. The minimum atomic E-state index is -0.0149. The highest BCUT2D eigenvalue weighted by Gasteiger charge is 2.12. The quantitative estimate of drug-likeness (QED) is 0.803. The summed E-state index contributed by atoms with van der Waals surface area (Å²) < 4.78 is 1.87. The van der Waals surface area contributed by atoms with Crippen molar-refractivity contribution in [3.05, 3.63) is 66.0 Å². The Bertz CT molecular complexity index is 807. The van der Waals surface area contributed by atoms with Crippen LogP contribution in [0.2, 0.25) is 0 Å². The lowest BCUT2D eigenvalue weighted by Crippen LogP contribution is -2.30. The van der Waals surface area contributed by atoms with E-state index >= 15 is 0 Å². The van der Waals surface area contributed by atoms with Crippen LogP contribution in [0.15, 0.2) is 54.9 Å². The zero-order valence-corrected chi connectivity index (χ0v) is 12.8. The number of imidazole rings is 1. The van der Waals surface area contributed by atoms with E-state index in [9.17, 15) is 4.79 Å². The van der Waals surface area contributed by atoms with Crippen molar-refractivity contribution in [1.82, 2.24) is 14.9 Å². The van der Waals surface area contributed by atoms with Gasteiger partial charge in [0.2, 0.25) is 5.91 Å². The molecule has 0 spiro atoms. The van der Waals surface area contributed by atoms with Crippen LogP contribution < -0.4 is 5.32 Å². The Morgan fingerprint density at radius 3 is 2.73 bits per heavy atom. The Morgan fingerprint density at radius 2 is 1.91 bits per heavy atom. The van der Waals surface area contributed by atoms with Crippen molar-refractivity contribution in [3.8, 4) is 0 Å². The van der Waals surface area contributed by atoms with Crippen LogP contribution in [0, 0.1) is 6.92 Å². The van der Waals surface area contributed by atoms with Gasteiger partial charge in [-0.05, 0) is 37.1 Å². The average Bonchev–Trinajstić information content (AvgIpc) is 2.91. The number of hydrogen-bond donors (Lipinski definition) is 1.